The third kappa shape index (κ3) is 1.56. The minimum Gasteiger partial charge on any atom is -0.397 e. The van der Waals surface area contributed by atoms with E-state index in [1.165, 1.54) is 12.3 Å². The molecule has 0 aliphatic rings. The molecule has 2 aromatic heterocycles. The van der Waals surface area contributed by atoms with Crippen molar-refractivity contribution < 1.29 is 4.39 Å². The highest BCUT2D eigenvalue weighted by molar-refractivity contribution is 5.66. The van der Waals surface area contributed by atoms with Gasteiger partial charge in [-0.05, 0) is 13.8 Å². The normalized spacial score (nSPS) is 10.6. The van der Waals surface area contributed by atoms with Gasteiger partial charge in [0.05, 0.1) is 17.6 Å². The second-order valence-electron chi connectivity index (χ2n) is 3.41. The molecule has 0 bridgehead atoms. The molecule has 5 heteroatoms. The Morgan fingerprint density at radius 2 is 2.13 bits per heavy atom. The average molecular weight is 206 g/mol. The summed E-state index contributed by atoms with van der Waals surface area (Å²) in [5.74, 6) is -0.428. The van der Waals surface area contributed by atoms with Crippen LogP contribution < -0.4 is 5.73 Å². The lowest BCUT2D eigenvalue weighted by Gasteiger charge is -2.02. The van der Waals surface area contributed by atoms with E-state index >= 15 is 0 Å². The lowest BCUT2D eigenvalue weighted by atomic mass is 10.1. The Labute approximate surface area is 86.3 Å². The summed E-state index contributed by atoms with van der Waals surface area (Å²) in [6.07, 6.45) is 1.43. The zero-order valence-corrected chi connectivity index (χ0v) is 8.50. The van der Waals surface area contributed by atoms with Gasteiger partial charge in [0.15, 0.2) is 5.82 Å². The largest absolute Gasteiger partial charge is 0.397 e. The van der Waals surface area contributed by atoms with Gasteiger partial charge in [-0.3, -0.25) is 10.1 Å². The second kappa shape index (κ2) is 3.34. The summed E-state index contributed by atoms with van der Waals surface area (Å²) >= 11 is 0. The Kier molecular flexibility index (Phi) is 2.15. The van der Waals surface area contributed by atoms with Crippen molar-refractivity contribution in [2.24, 2.45) is 0 Å². The van der Waals surface area contributed by atoms with Crippen molar-refractivity contribution in [2.45, 2.75) is 13.8 Å². The van der Waals surface area contributed by atoms with Gasteiger partial charge in [-0.15, -0.1) is 0 Å². The van der Waals surface area contributed by atoms with Gasteiger partial charge >= 0.3 is 0 Å². The molecule has 0 aliphatic heterocycles. The third-order valence-electron chi connectivity index (χ3n) is 2.23. The topological polar surface area (TPSA) is 67.6 Å². The number of hydrogen-bond acceptors (Lipinski definition) is 3. The van der Waals surface area contributed by atoms with Crippen molar-refractivity contribution in [3.8, 4) is 11.3 Å². The van der Waals surface area contributed by atoms with Crippen molar-refractivity contribution in [1.82, 2.24) is 15.2 Å². The number of H-pyrrole nitrogens is 1. The fraction of sp³-hybridized carbons (Fsp3) is 0.200. The first kappa shape index (κ1) is 9.64. The monoisotopic (exact) mass is 206 g/mol. The fourth-order valence-corrected chi connectivity index (χ4v) is 1.54. The van der Waals surface area contributed by atoms with Gasteiger partial charge in [0.2, 0.25) is 0 Å². The van der Waals surface area contributed by atoms with Crippen LogP contribution in [0.4, 0.5) is 10.1 Å². The molecule has 0 radical (unpaired) electrons. The van der Waals surface area contributed by atoms with Gasteiger partial charge in [0.25, 0.3) is 0 Å². The molecule has 4 nitrogen and oxygen atoms in total. The van der Waals surface area contributed by atoms with E-state index < -0.39 is 5.82 Å². The summed E-state index contributed by atoms with van der Waals surface area (Å²) in [5.41, 5.74) is 8.25. The predicted octanol–water partition coefficient (Wildman–Crippen LogP) is 1.81. The van der Waals surface area contributed by atoms with Crippen molar-refractivity contribution in [1.29, 1.82) is 0 Å². The quantitative estimate of drug-likeness (QED) is 0.747. The van der Waals surface area contributed by atoms with E-state index in [4.69, 9.17) is 5.73 Å². The van der Waals surface area contributed by atoms with Crippen LogP contribution in [0, 0.1) is 19.7 Å². The van der Waals surface area contributed by atoms with Crippen LogP contribution in [-0.2, 0) is 0 Å². The number of aromatic nitrogens is 3. The predicted molar refractivity (Wildman–Crippen MR) is 55.7 cm³/mol. The van der Waals surface area contributed by atoms with Gasteiger partial charge in [0, 0.05) is 17.3 Å². The summed E-state index contributed by atoms with van der Waals surface area (Å²) < 4.78 is 13.6. The van der Waals surface area contributed by atoms with Crippen molar-refractivity contribution >= 4 is 5.69 Å². The highest BCUT2D eigenvalue weighted by Crippen LogP contribution is 2.26. The maximum atomic E-state index is 13.6. The molecule has 2 aromatic rings. The minimum absolute atomic E-state index is 0.285. The molecular weight excluding hydrogens is 195 g/mol. The molecule has 0 fully saturated rings. The number of rotatable bonds is 1. The maximum Gasteiger partial charge on any atom is 0.151 e. The summed E-state index contributed by atoms with van der Waals surface area (Å²) in [7, 11) is 0. The molecule has 0 saturated carbocycles. The van der Waals surface area contributed by atoms with Crippen molar-refractivity contribution in [3.05, 3.63) is 29.5 Å². The first-order valence-electron chi connectivity index (χ1n) is 4.52. The zero-order chi connectivity index (χ0) is 11.0. The van der Waals surface area contributed by atoms with Crippen LogP contribution in [-0.4, -0.2) is 15.2 Å². The Hall–Kier alpha value is -1.91. The van der Waals surface area contributed by atoms with Gasteiger partial charge in [-0.1, -0.05) is 0 Å². The van der Waals surface area contributed by atoms with Crippen LogP contribution in [0.3, 0.4) is 0 Å². The van der Waals surface area contributed by atoms with Gasteiger partial charge < -0.3 is 5.73 Å². The van der Waals surface area contributed by atoms with Crippen LogP contribution in [0.2, 0.25) is 0 Å². The first-order chi connectivity index (χ1) is 7.09. The molecule has 78 valence electrons. The molecule has 0 aromatic carbocycles. The Bertz CT molecular complexity index is 485. The molecule has 15 heavy (non-hydrogen) atoms. The molecule has 2 rings (SSSR count). The van der Waals surface area contributed by atoms with E-state index in [2.05, 4.69) is 15.2 Å². The maximum absolute atomic E-state index is 13.6. The van der Waals surface area contributed by atoms with Gasteiger partial charge in [-0.2, -0.15) is 5.10 Å². The summed E-state index contributed by atoms with van der Waals surface area (Å²) in [4.78, 5) is 3.98. The molecule has 0 unspecified atom stereocenters. The van der Waals surface area contributed by atoms with Crippen LogP contribution in [0.5, 0.6) is 0 Å². The van der Waals surface area contributed by atoms with Crippen LogP contribution in [0.25, 0.3) is 11.3 Å². The Morgan fingerprint density at radius 1 is 1.40 bits per heavy atom. The number of aromatic amines is 1. The van der Waals surface area contributed by atoms with Crippen molar-refractivity contribution in [2.75, 3.05) is 5.73 Å². The standard InChI is InChI=1S/C10H11FN4/c1-5-9(6(2)15-14-5)10-8(11)3-7(12)4-13-10/h3-4H,12H2,1-2H3,(H,14,15). The third-order valence-corrected chi connectivity index (χ3v) is 2.23. The van der Waals surface area contributed by atoms with Crippen LogP contribution >= 0.6 is 0 Å². The molecular formula is C10H11FN4. The smallest absolute Gasteiger partial charge is 0.151 e. The van der Waals surface area contributed by atoms with Gasteiger partial charge in [-0.25, -0.2) is 4.39 Å². The number of pyridine rings is 1. The summed E-state index contributed by atoms with van der Waals surface area (Å²) in [5, 5.41) is 6.78. The first-order valence-corrected chi connectivity index (χ1v) is 4.52. The molecule has 0 atom stereocenters. The van der Waals surface area contributed by atoms with Crippen molar-refractivity contribution in [3.63, 3.8) is 0 Å². The molecule has 0 saturated heterocycles. The fourth-order valence-electron chi connectivity index (χ4n) is 1.54. The Balaban J connectivity index is 2.64. The van der Waals surface area contributed by atoms with Gasteiger partial charge in [0.1, 0.15) is 5.69 Å². The molecule has 0 amide bonds. The van der Waals surface area contributed by atoms with E-state index in [9.17, 15) is 4.39 Å². The number of aryl methyl sites for hydroxylation is 2. The number of halogens is 1. The number of anilines is 1. The molecule has 3 N–H and O–H groups in total. The Morgan fingerprint density at radius 3 is 2.67 bits per heavy atom. The highest BCUT2D eigenvalue weighted by Gasteiger charge is 2.14. The minimum atomic E-state index is -0.428. The lowest BCUT2D eigenvalue weighted by Crippen LogP contribution is -1.94. The second-order valence-corrected chi connectivity index (χ2v) is 3.41. The average Bonchev–Trinajstić information content (AvgIpc) is 2.48. The van der Waals surface area contributed by atoms with E-state index in [0.29, 0.717) is 11.3 Å². The summed E-state index contributed by atoms with van der Waals surface area (Å²) in [6.45, 7) is 3.63. The van der Waals surface area contributed by atoms with Crippen LogP contribution in [0.1, 0.15) is 11.4 Å². The van der Waals surface area contributed by atoms with E-state index in [1.54, 1.807) is 6.92 Å². The number of nitrogens with zero attached hydrogens (tertiary/aromatic N) is 2. The number of nitrogen functional groups attached to an aromatic ring is 1. The van der Waals surface area contributed by atoms with E-state index in [0.717, 1.165) is 11.4 Å². The van der Waals surface area contributed by atoms with Crippen LogP contribution in [0.15, 0.2) is 12.3 Å². The zero-order valence-electron chi connectivity index (χ0n) is 8.50. The number of nitrogens with one attached hydrogen (secondary N) is 1. The highest BCUT2D eigenvalue weighted by atomic mass is 19.1. The summed E-state index contributed by atoms with van der Waals surface area (Å²) in [6, 6.07) is 1.26. The number of nitrogens with two attached hydrogens (primary N) is 1. The molecule has 0 aliphatic carbocycles. The van der Waals surface area contributed by atoms with E-state index in [1.807, 2.05) is 6.92 Å². The lowest BCUT2D eigenvalue weighted by molar-refractivity contribution is 0.626. The molecule has 0 spiro atoms. The number of hydrogen-bond donors (Lipinski definition) is 2. The molecule has 2 heterocycles. The SMILES string of the molecule is Cc1n[nH]c(C)c1-c1ncc(N)cc1F. The van der Waals surface area contributed by atoms with E-state index in [-0.39, 0.29) is 5.69 Å².